The van der Waals surface area contributed by atoms with E-state index in [4.69, 9.17) is 25.6 Å². The van der Waals surface area contributed by atoms with E-state index >= 15 is 0 Å². The maximum Gasteiger partial charge on any atom is 0.279 e. The maximum absolute atomic E-state index is 13.2. The molecule has 0 N–H and O–H groups in total. The Morgan fingerprint density at radius 2 is 1.64 bits per heavy atom. The van der Waals surface area contributed by atoms with Crippen molar-refractivity contribution < 1.29 is 14.0 Å². The van der Waals surface area contributed by atoms with Crippen LogP contribution in [0.3, 0.4) is 0 Å². The highest BCUT2D eigenvalue weighted by Gasteiger charge is 2.19. The van der Waals surface area contributed by atoms with Crippen LogP contribution in [0.25, 0.3) is 39.4 Å². The Balaban J connectivity index is 1.70. The number of fused-ring (bicyclic) bond motifs is 1. The molecule has 2 aromatic heterocycles. The minimum atomic E-state index is -0.283. The lowest BCUT2D eigenvalue weighted by Gasteiger charge is -2.09. The molecule has 2 heterocycles. The van der Waals surface area contributed by atoms with E-state index in [-0.39, 0.29) is 11.4 Å². The molecule has 3 aromatic carbocycles. The smallest absolute Gasteiger partial charge is 0.279 e. The van der Waals surface area contributed by atoms with Crippen LogP contribution >= 0.6 is 11.6 Å². The molecular formula is C24H17ClN4O4. The van der Waals surface area contributed by atoms with E-state index in [1.54, 1.807) is 74.9 Å². The molecule has 9 heteroatoms. The molecule has 164 valence electrons. The predicted molar refractivity (Wildman–Crippen MR) is 124 cm³/mol. The van der Waals surface area contributed by atoms with Crippen molar-refractivity contribution in [1.29, 1.82) is 0 Å². The predicted octanol–water partition coefficient (Wildman–Crippen LogP) is 4.77. The number of rotatable bonds is 5. The SMILES string of the molecule is COc1cc(OC)cc(-c2noc(-c3nn(-c4cccc(Cl)c4)c(=O)c4ccccc34)n2)c1. The Kier molecular flexibility index (Phi) is 5.27. The van der Waals surface area contributed by atoms with Crippen LogP contribution in [-0.4, -0.2) is 34.1 Å². The molecule has 33 heavy (non-hydrogen) atoms. The lowest BCUT2D eigenvalue weighted by Crippen LogP contribution is -2.22. The van der Waals surface area contributed by atoms with Gasteiger partial charge in [-0.15, -0.1) is 0 Å². The number of hydrogen-bond donors (Lipinski definition) is 0. The zero-order valence-electron chi connectivity index (χ0n) is 17.7. The largest absolute Gasteiger partial charge is 0.497 e. The highest BCUT2D eigenvalue weighted by molar-refractivity contribution is 6.30. The van der Waals surface area contributed by atoms with Gasteiger partial charge in [0.05, 0.1) is 25.3 Å². The monoisotopic (exact) mass is 460 g/mol. The highest BCUT2D eigenvalue weighted by Crippen LogP contribution is 2.31. The molecule has 0 bridgehead atoms. The fourth-order valence-electron chi connectivity index (χ4n) is 3.50. The zero-order valence-corrected chi connectivity index (χ0v) is 18.4. The highest BCUT2D eigenvalue weighted by atomic mass is 35.5. The second kappa shape index (κ2) is 8.40. The van der Waals surface area contributed by atoms with Crippen molar-refractivity contribution in [3.63, 3.8) is 0 Å². The topological polar surface area (TPSA) is 92.3 Å². The van der Waals surface area contributed by atoms with Crippen LogP contribution in [0, 0.1) is 0 Å². The van der Waals surface area contributed by atoms with Gasteiger partial charge in [-0.25, -0.2) is 0 Å². The standard InChI is InChI=1S/C24H17ClN4O4/c1-31-17-10-14(11-18(13-17)32-2)22-26-23(33-28-22)21-19-8-3-4-9-20(19)24(30)29(27-21)16-7-5-6-15(25)12-16/h3-13H,1-2H3. The Morgan fingerprint density at radius 3 is 2.33 bits per heavy atom. The van der Waals surface area contributed by atoms with E-state index in [0.717, 1.165) is 0 Å². The number of methoxy groups -OCH3 is 2. The van der Waals surface area contributed by atoms with Crippen molar-refractivity contribution in [2.45, 2.75) is 0 Å². The Morgan fingerprint density at radius 1 is 0.909 bits per heavy atom. The first-order chi connectivity index (χ1) is 16.1. The van der Waals surface area contributed by atoms with Gasteiger partial charge in [-0.3, -0.25) is 4.79 Å². The van der Waals surface area contributed by atoms with Gasteiger partial charge in [0.15, 0.2) is 5.69 Å². The molecule has 0 unspecified atom stereocenters. The molecule has 0 saturated heterocycles. The van der Waals surface area contributed by atoms with Crippen molar-refractivity contribution in [2.75, 3.05) is 14.2 Å². The summed E-state index contributed by atoms with van der Waals surface area (Å²) in [6.45, 7) is 0. The van der Waals surface area contributed by atoms with E-state index in [1.807, 2.05) is 6.07 Å². The van der Waals surface area contributed by atoms with Crippen molar-refractivity contribution in [3.05, 3.63) is 82.1 Å². The third-order valence-corrected chi connectivity index (χ3v) is 5.33. The molecule has 0 radical (unpaired) electrons. The first-order valence-corrected chi connectivity index (χ1v) is 10.3. The van der Waals surface area contributed by atoms with Crippen molar-refractivity contribution >= 4 is 22.4 Å². The van der Waals surface area contributed by atoms with E-state index < -0.39 is 0 Å². The van der Waals surface area contributed by atoms with E-state index in [9.17, 15) is 4.79 Å². The minimum absolute atomic E-state index is 0.166. The van der Waals surface area contributed by atoms with Crippen molar-refractivity contribution in [3.8, 4) is 40.2 Å². The van der Waals surface area contributed by atoms with Gasteiger partial charge >= 0.3 is 0 Å². The van der Waals surface area contributed by atoms with Gasteiger partial charge in [0.2, 0.25) is 5.82 Å². The van der Waals surface area contributed by atoms with Gasteiger partial charge in [0.25, 0.3) is 11.4 Å². The Bertz CT molecular complexity index is 1520. The van der Waals surface area contributed by atoms with Crippen LogP contribution in [0.1, 0.15) is 0 Å². The van der Waals surface area contributed by atoms with Crippen LogP contribution in [0.4, 0.5) is 0 Å². The normalized spacial score (nSPS) is 11.0. The summed E-state index contributed by atoms with van der Waals surface area (Å²) in [5, 5.41) is 10.2. The molecule has 0 amide bonds. The summed E-state index contributed by atoms with van der Waals surface area (Å²) in [7, 11) is 3.13. The van der Waals surface area contributed by atoms with Gasteiger partial charge in [0.1, 0.15) is 11.5 Å². The van der Waals surface area contributed by atoms with E-state index in [2.05, 4.69) is 15.2 Å². The number of hydrogen-bond acceptors (Lipinski definition) is 7. The van der Waals surface area contributed by atoms with Crippen molar-refractivity contribution in [1.82, 2.24) is 19.9 Å². The second-order valence-corrected chi connectivity index (χ2v) is 7.55. The number of aromatic nitrogens is 4. The number of ether oxygens (including phenoxy) is 2. The maximum atomic E-state index is 13.2. The van der Waals surface area contributed by atoms with E-state index in [0.29, 0.717) is 50.1 Å². The number of nitrogens with zero attached hydrogens (tertiary/aromatic N) is 4. The lowest BCUT2D eigenvalue weighted by molar-refractivity contribution is 0.394. The molecule has 8 nitrogen and oxygen atoms in total. The molecule has 0 aliphatic rings. The number of benzene rings is 3. The molecule has 5 aromatic rings. The first-order valence-electron chi connectivity index (χ1n) is 9.93. The lowest BCUT2D eigenvalue weighted by atomic mass is 10.1. The average Bonchev–Trinajstić information content (AvgIpc) is 3.34. The Labute approximate surface area is 193 Å². The quantitative estimate of drug-likeness (QED) is 0.373. The summed E-state index contributed by atoms with van der Waals surface area (Å²) in [4.78, 5) is 17.7. The Hall–Kier alpha value is -4.17. The molecule has 0 aliphatic heterocycles. The van der Waals surface area contributed by atoms with Crippen LogP contribution in [-0.2, 0) is 0 Å². The number of halogens is 1. The fraction of sp³-hybridized carbons (Fsp3) is 0.0833. The fourth-order valence-corrected chi connectivity index (χ4v) is 3.69. The van der Waals surface area contributed by atoms with Gasteiger partial charge in [-0.05, 0) is 36.4 Å². The summed E-state index contributed by atoms with van der Waals surface area (Å²) in [5.41, 5.74) is 1.26. The van der Waals surface area contributed by atoms with Crippen LogP contribution < -0.4 is 15.0 Å². The van der Waals surface area contributed by atoms with Gasteiger partial charge < -0.3 is 14.0 Å². The van der Waals surface area contributed by atoms with Crippen molar-refractivity contribution in [2.24, 2.45) is 0 Å². The average molecular weight is 461 g/mol. The molecule has 0 aliphatic carbocycles. The van der Waals surface area contributed by atoms with E-state index in [1.165, 1.54) is 4.68 Å². The van der Waals surface area contributed by atoms with Gasteiger partial charge in [-0.2, -0.15) is 14.8 Å². The third-order valence-electron chi connectivity index (χ3n) is 5.10. The van der Waals surface area contributed by atoms with Gasteiger partial charge in [0, 0.05) is 22.0 Å². The van der Waals surface area contributed by atoms with Crippen LogP contribution in [0.5, 0.6) is 11.5 Å². The van der Waals surface area contributed by atoms with Crippen LogP contribution in [0.2, 0.25) is 5.02 Å². The molecule has 0 fully saturated rings. The summed E-state index contributed by atoms with van der Waals surface area (Å²) in [6.07, 6.45) is 0. The minimum Gasteiger partial charge on any atom is -0.497 e. The second-order valence-electron chi connectivity index (χ2n) is 7.12. The molecule has 0 atom stereocenters. The summed E-state index contributed by atoms with van der Waals surface area (Å²) in [5.74, 6) is 1.68. The summed E-state index contributed by atoms with van der Waals surface area (Å²) < 4.78 is 17.5. The zero-order chi connectivity index (χ0) is 22.9. The molecule has 5 rings (SSSR count). The molecule has 0 saturated carbocycles. The van der Waals surface area contributed by atoms with Crippen LogP contribution in [0.15, 0.2) is 76.0 Å². The van der Waals surface area contributed by atoms with Gasteiger partial charge in [-0.1, -0.05) is 41.0 Å². The molecular weight excluding hydrogens is 444 g/mol. The summed E-state index contributed by atoms with van der Waals surface area (Å²) >= 11 is 6.14. The summed E-state index contributed by atoms with van der Waals surface area (Å²) in [6, 6.07) is 19.3. The third kappa shape index (κ3) is 3.81. The first kappa shape index (κ1) is 20.7. The molecule has 0 spiro atoms.